The van der Waals surface area contributed by atoms with Crippen LogP contribution in [-0.2, 0) is 17.9 Å². The van der Waals surface area contributed by atoms with Crippen molar-refractivity contribution in [2.24, 2.45) is 0 Å². The number of rotatable bonds is 3. The predicted molar refractivity (Wildman–Crippen MR) is 68.2 cm³/mol. The topological polar surface area (TPSA) is 63.3 Å². The number of nitrogens with one attached hydrogen (secondary N) is 1. The van der Waals surface area contributed by atoms with Gasteiger partial charge < -0.3 is 9.73 Å². The first-order chi connectivity index (χ1) is 9.28. The van der Waals surface area contributed by atoms with Gasteiger partial charge in [-0.2, -0.15) is 5.10 Å². The highest BCUT2D eigenvalue weighted by atomic mass is 16.3. The number of aromatic nitrogens is 2. The van der Waals surface area contributed by atoms with E-state index in [1.54, 1.807) is 25.8 Å². The average molecular weight is 260 g/mol. The van der Waals surface area contributed by atoms with Crippen LogP contribution < -0.4 is 5.32 Å². The Hall–Kier alpha value is -2.08. The van der Waals surface area contributed by atoms with E-state index in [2.05, 4.69) is 15.3 Å². The lowest BCUT2D eigenvalue weighted by atomic mass is 10.1. The first-order valence-electron chi connectivity index (χ1n) is 6.25. The molecular formula is C13H16N4O2. The van der Waals surface area contributed by atoms with Crippen molar-refractivity contribution in [2.75, 3.05) is 13.6 Å². The van der Waals surface area contributed by atoms with Crippen LogP contribution in [0.25, 0.3) is 0 Å². The summed E-state index contributed by atoms with van der Waals surface area (Å²) in [7, 11) is 1.65. The Kier molecular flexibility index (Phi) is 3.08. The standard InChI is InChI=1S/C13H16N4O2/c1-14-13(18)12-8-16(6-10-3-5-19-9-10)7-11-2-4-15-17(11)12/h2-5,9,12H,6-8H2,1H3,(H,14,18)/t12-/m0/s1. The van der Waals surface area contributed by atoms with E-state index in [0.717, 1.165) is 24.3 Å². The zero-order valence-electron chi connectivity index (χ0n) is 10.7. The minimum Gasteiger partial charge on any atom is -0.472 e. The van der Waals surface area contributed by atoms with Crippen molar-refractivity contribution >= 4 is 5.91 Å². The second-order valence-electron chi connectivity index (χ2n) is 4.70. The number of carbonyl (C=O) groups excluding carboxylic acids is 1. The molecule has 0 aromatic carbocycles. The maximum Gasteiger partial charge on any atom is 0.245 e. The van der Waals surface area contributed by atoms with Gasteiger partial charge in [0.2, 0.25) is 5.91 Å². The number of nitrogens with zero attached hydrogens (tertiary/aromatic N) is 3. The van der Waals surface area contributed by atoms with Crippen LogP contribution in [0, 0.1) is 0 Å². The Bertz CT molecular complexity index is 561. The Balaban J connectivity index is 1.82. The normalized spacial score (nSPS) is 19.1. The molecule has 100 valence electrons. The largest absolute Gasteiger partial charge is 0.472 e. The van der Waals surface area contributed by atoms with E-state index in [1.165, 1.54) is 0 Å². The molecule has 0 bridgehead atoms. The zero-order chi connectivity index (χ0) is 13.2. The summed E-state index contributed by atoms with van der Waals surface area (Å²) in [5.74, 6) is -0.0122. The third-order valence-corrected chi connectivity index (χ3v) is 3.40. The van der Waals surface area contributed by atoms with Crippen LogP contribution in [-0.4, -0.2) is 34.2 Å². The fourth-order valence-electron chi connectivity index (χ4n) is 2.48. The quantitative estimate of drug-likeness (QED) is 0.885. The molecular weight excluding hydrogens is 244 g/mol. The van der Waals surface area contributed by atoms with Crippen molar-refractivity contribution in [3.05, 3.63) is 42.1 Å². The Morgan fingerprint density at radius 1 is 1.58 bits per heavy atom. The van der Waals surface area contributed by atoms with Gasteiger partial charge in [0.05, 0.1) is 18.2 Å². The van der Waals surface area contributed by atoms with Gasteiger partial charge in [0.1, 0.15) is 6.04 Å². The highest BCUT2D eigenvalue weighted by Crippen LogP contribution is 2.22. The van der Waals surface area contributed by atoms with Gasteiger partial charge in [-0.05, 0) is 12.1 Å². The average Bonchev–Trinajstić information content (AvgIpc) is 3.07. The smallest absolute Gasteiger partial charge is 0.245 e. The molecule has 0 fully saturated rings. The van der Waals surface area contributed by atoms with Gasteiger partial charge in [-0.25, -0.2) is 0 Å². The summed E-state index contributed by atoms with van der Waals surface area (Å²) in [5, 5.41) is 6.95. The highest BCUT2D eigenvalue weighted by molar-refractivity contribution is 5.80. The second kappa shape index (κ2) is 4.89. The lowest BCUT2D eigenvalue weighted by Crippen LogP contribution is -2.43. The van der Waals surface area contributed by atoms with Gasteiger partial charge in [0, 0.05) is 38.4 Å². The van der Waals surface area contributed by atoms with Gasteiger partial charge in [0.25, 0.3) is 0 Å². The highest BCUT2D eigenvalue weighted by Gasteiger charge is 2.30. The molecule has 0 spiro atoms. The third kappa shape index (κ3) is 2.26. The SMILES string of the molecule is CNC(=O)[C@@H]1CN(Cc2ccoc2)Cc2ccnn21. The van der Waals surface area contributed by atoms with Gasteiger partial charge in [-0.1, -0.05) is 0 Å². The number of fused-ring (bicyclic) bond motifs is 1. The Morgan fingerprint density at radius 3 is 3.21 bits per heavy atom. The molecule has 0 radical (unpaired) electrons. The van der Waals surface area contributed by atoms with Crippen molar-refractivity contribution in [1.82, 2.24) is 20.0 Å². The number of likely N-dealkylation sites (N-methyl/N-ethyl adjacent to an activating group) is 1. The Morgan fingerprint density at radius 2 is 2.47 bits per heavy atom. The van der Waals surface area contributed by atoms with Gasteiger partial charge in [0.15, 0.2) is 0 Å². The van der Waals surface area contributed by atoms with E-state index >= 15 is 0 Å². The summed E-state index contributed by atoms with van der Waals surface area (Å²) >= 11 is 0. The molecule has 1 atom stereocenters. The lowest BCUT2D eigenvalue weighted by molar-refractivity contribution is -0.125. The molecule has 3 rings (SSSR count). The van der Waals surface area contributed by atoms with Gasteiger partial charge in [-0.3, -0.25) is 14.4 Å². The van der Waals surface area contributed by atoms with E-state index in [-0.39, 0.29) is 11.9 Å². The molecule has 2 aromatic rings. The van der Waals surface area contributed by atoms with E-state index in [9.17, 15) is 4.79 Å². The molecule has 0 saturated carbocycles. The summed E-state index contributed by atoms with van der Waals surface area (Å²) in [6.07, 6.45) is 5.15. The fourth-order valence-corrected chi connectivity index (χ4v) is 2.48. The van der Waals surface area contributed by atoms with Crippen LogP contribution in [0.2, 0.25) is 0 Å². The molecule has 2 aromatic heterocycles. The first kappa shape index (κ1) is 12.0. The van der Waals surface area contributed by atoms with Crippen molar-refractivity contribution in [2.45, 2.75) is 19.1 Å². The summed E-state index contributed by atoms with van der Waals surface area (Å²) < 4.78 is 6.89. The summed E-state index contributed by atoms with van der Waals surface area (Å²) in [6.45, 7) is 2.22. The number of carbonyl (C=O) groups is 1. The van der Waals surface area contributed by atoms with Gasteiger partial charge in [-0.15, -0.1) is 0 Å². The van der Waals surface area contributed by atoms with Gasteiger partial charge >= 0.3 is 0 Å². The monoisotopic (exact) mass is 260 g/mol. The minimum absolute atomic E-state index is 0.0122. The fraction of sp³-hybridized carbons (Fsp3) is 0.385. The van der Waals surface area contributed by atoms with Crippen LogP contribution in [0.1, 0.15) is 17.3 Å². The number of hydrogen-bond acceptors (Lipinski definition) is 4. The number of amides is 1. The first-order valence-corrected chi connectivity index (χ1v) is 6.25. The van der Waals surface area contributed by atoms with E-state index in [1.807, 2.05) is 16.8 Å². The molecule has 1 aliphatic heterocycles. The number of furan rings is 1. The Labute approximate surface area is 111 Å². The molecule has 0 aliphatic carbocycles. The molecule has 6 nitrogen and oxygen atoms in total. The predicted octanol–water partition coefficient (Wildman–Crippen LogP) is 0.779. The maximum atomic E-state index is 12.0. The summed E-state index contributed by atoms with van der Waals surface area (Å²) in [6, 6.07) is 3.63. The summed E-state index contributed by atoms with van der Waals surface area (Å²) in [4.78, 5) is 14.2. The molecule has 0 unspecified atom stereocenters. The minimum atomic E-state index is -0.268. The zero-order valence-corrected chi connectivity index (χ0v) is 10.7. The van der Waals surface area contributed by atoms with Crippen LogP contribution in [0.4, 0.5) is 0 Å². The molecule has 6 heteroatoms. The molecule has 1 aliphatic rings. The molecule has 1 N–H and O–H groups in total. The summed E-state index contributed by atoms with van der Waals surface area (Å²) in [5.41, 5.74) is 2.17. The van der Waals surface area contributed by atoms with Crippen LogP contribution >= 0.6 is 0 Å². The van der Waals surface area contributed by atoms with E-state index < -0.39 is 0 Å². The van der Waals surface area contributed by atoms with Crippen molar-refractivity contribution in [3.63, 3.8) is 0 Å². The maximum absolute atomic E-state index is 12.0. The van der Waals surface area contributed by atoms with Crippen molar-refractivity contribution in [1.29, 1.82) is 0 Å². The molecule has 1 amide bonds. The second-order valence-corrected chi connectivity index (χ2v) is 4.70. The lowest BCUT2D eigenvalue weighted by Gasteiger charge is -2.32. The molecule has 0 saturated heterocycles. The number of hydrogen-bond donors (Lipinski definition) is 1. The van der Waals surface area contributed by atoms with E-state index in [0.29, 0.717) is 6.54 Å². The third-order valence-electron chi connectivity index (χ3n) is 3.40. The van der Waals surface area contributed by atoms with Crippen molar-refractivity contribution in [3.8, 4) is 0 Å². The molecule has 3 heterocycles. The van der Waals surface area contributed by atoms with Crippen LogP contribution in [0.3, 0.4) is 0 Å². The van der Waals surface area contributed by atoms with Crippen LogP contribution in [0.15, 0.2) is 35.3 Å². The van der Waals surface area contributed by atoms with E-state index in [4.69, 9.17) is 4.42 Å². The van der Waals surface area contributed by atoms with Crippen LogP contribution in [0.5, 0.6) is 0 Å². The van der Waals surface area contributed by atoms with Crippen molar-refractivity contribution < 1.29 is 9.21 Å². The molecule has 19 heavy (non-hydrogen) atoms.